The molecule has 17 heteroatoms. The second-order valence-electron chi connectivity index (χ2n) is 11.8. The summed E-state index contributed by atoms with van der Waals surface area (Å²) in [6, 6.07) is 18.7. The molecule has 0 bridgehead atoms. The SMILES string of the molecule is N#C/C(=C\c1cccc(CCC2CC(=O)N(OC(=O)ON3C(=O)CC(CCc4cccc(/C=C(\C#N)n5cncn5)c4)C3=O)C2=O)c1)n1cncn1. The van der Waals surface area contributed by atoms with Crippen molar-refractivity contribution in [1.82, 2.24) is 39.7 Å². The fourth-order valence-electron chi connectivity index (χ4n) is 5.79. The molecule has 2 aromatic carbocycles. The number of hydrogen-bond donors (Lipinski definition) is 0. The van der Waals surface area contributed by atoms with E-state index in [2.05, 4.69) is 32.3 Å². The molecule has 260 valence electrons. The van der Waals surface area contributed by atoms with Gasteiger partial charge >= 0.3 is 6.16 Å². The summed E-state index contributed by atoms with van der Waals surface area (Å²) in [5.41, 5.74) is 3.62. The van der Waals surface area contributed by atoms with Crippen LogP contribution in [0.2, 0.25) is 0 Å². The number of aromatic nitrogens is 6. The Kier molecular flexibility index (Phi) is 10.3. The Morgan fingerprint density at radius 1 is 0.731 bits per heavy atom. The predicted molar refractivity (Wildman–Crippen MR) is 177 cm³/mol. The van der Waals surface area contributed by atoms with Gasteiger partial charge in [0.15, 0.2) is 0 Å². The van der Waals surface area contributed by atoms with E-state index in [0.29, 0.717) is 23.0 Å². The molecule has 2 aliphatic rings. The number of amides is 4. The Labute approximate surface area is 295 Å². The van der Waals surface area contributed by atoms with Gasteiger partial charge in [-0.2, -0.15) is 25.5 Å². The highest BCUT2D eigenvalue weighted by Crippen LogP contribution is 2.28. The zero-order valence-corrected chi connectivity index (χ0v) is 27.3. The van der Waals surface area contributed by atoms with Gasteiger partial charge in [-0.3, -0.25) is 28.9 Å². The van der Waals surface area contributed by atoms with Gasteiger partial charge in [-0.1, -0.05) is 58.7 Å². The summed E-state index contributed by atoms with van der Waals surface area (Å²) in [7, 11) is 0. The number of carbonyl (C=O) groups is 5. The first-order valence-electron chi connectivity index (χ1n) is 16.0. The standard InChI is InChI=1S/C35H28N10O7/c36-17-29(42-21-38-19-40-42)13-25-5-1-3-23(11-25)7-9-27-15-31(46)44(33(27)48)51-35(50)52-45-32(47)16-28(34(45)49)10-8-24-4-2-6-26(12-24)14-30(18-37)43-22-39-20-41-43/h1-6,11-14,19-22,27-28H,7-10,15-16H2/b29-13+,30-14+. The van der Waals surface area contributed by atoms with E-state index in [1.54, 1.807) is 36.4 Å². The molecule has 4 heterocycles. The lowest BCUT2D eigenvalue weighted by atomic mass is 9.97. The van der Waals surface area contributed by atoms with E-state index >= 15 is 0 Å². The smallest absolute Gasteiger partial charge is 0.293 e. The highest BCUT2D eigenvalue weighted by molar-refractivity contribution is 6.04. The van der Waals surface area contributed by atoms with E-state index in [-0.39, 0.29) is 37.1 Å². The lowest BCUT2D eigenvalue weighted by Gasteiger charge is -2.17. The van der Waals surface area contributed by atoms with Crippen LogP contribution in [-0.4, -0.2) is 69.4 Å². The molecule has 0 N–H and O–H groups in total. The minimum atomic E-state index is -1.58. The Morgan fingerprint density at radius 2 is 1.17 bits per heavy atom. The molecule has 2 saturated heterocycles. The monoisotopic (exact) mass is 700 g/mol. The molecule has 0 spiro atoms. The van der Waals surface area contributed by atoms with Gasteiger partial charge in [-0.05, 0) is 60.1 Å². The van der Waals surface area contributed by atoms with Crippen molar-refractivity contribution in [2.24, 2.45) is 11.8 Å². The van der Waals surface area contributed by atoms with Crippen LogP contribution in [0.3, 0.4) is 0 Å². The van der Waals surface area contributed by atoms with Crippen molar-refractivity contribution >= 4 is 53.3 Å². The van der Waals surface area contributed by atoms with Crippen molar-refractivity contribution in [3.63, 3.8) is 0 Å². The zero-order valence-electron chi connectivity index (χ0n) is 27.3. The number of carbonyl (C=O) groups excluding carboxylic acids is 5. The Hall–Kier alpha value is -7.27. The summed E-state index contributed by atoms with van der Waals surface area (Å²) < 4.78 is 2.67. The fraction of sp³-hybridized carbons (Fsp3) is 0.229. The number of rotatable bonds is 12. The van der Waals surface area contributed by atoms with E-state index in [0.717, 1.165) is 22.3 Å². The number of imide groups is 2. The second kappa shape index (κ2) is 15.5. The Morgan fingerprint density at radius 3 is 1.56 bits per heavy atom. The maximum Gasteiger partial charge on any atom is 0.560 e. The highest BCUT2D eigenvalue weighted by atomic mass is 16.9. The fourth-order valence-corrected chi connectivity index (χ4v) is 5.79. The maximum atomic E-state index is 13.0. The molecule has 6 rings (SSSR count). The molecule has 0 radical (unpaired) electrons. The van der Waals surface area contributed by atoms with Crippen molar-refractivity contribution < 1.29 is 33.6 Å². The van der Waals surface area contributed by atoms with Gasteiger partial charge in [0.1, 0.15) is 48.8 Å². The quantitative estimate of drug-likeness (QED) is 0.153. The van der Waals surface area contributed by atoms with Crippen LogP contribution in [0.15, 0.2) is 73.8 Å². The van der Waals surface area contributed by atoms with Crippen LogP contribution in [0.4, 0.5) is 4.79 Å². The van der Waals surface area contributed by atoms with Gasteiger partial charge in [0.05, 0.1) is 11.8 Å². The first kappa shape index (κ1) is 34.6. The molecule has 2 unspecified atom stereocenters. The third-order valence-corrected chi connectivity index (χ3v) is 8.36. The maximum absolute atomic E-state index is 13.0. The number of hydroxylamine groups is 4. The molecular weight excluding hydrogens is 672 g/mol. The summed E-state index contributed by atoms with van der Waals surface area (Å²) >= 11 is 0. The molecule has 2 fully saturated rings. The van der Waals surface area contributed by atoms with Crippen LogP contribution in [-0.2, 0) is 41.7 Å². The Bertz CT molecular complexity index is 2010. The van der Waals surface area contributed by atoms with Crippen molar-refractivity contribution in [2.75, 3.05) is 0 Å². The lowest BCUT2D eigenvalue weighted by Crippen LogP contribution is -2.38. The number of allylic oxidation sites excluding steroid dienone is 2. The molecular formula is C35H28N10O7. The zero-order chi connectivity index (χ0) is 36.6. The van der Waals surface area contributed by atoms with Gasteiger partial charge in [0.2, 0.25) is 0 Å². The van der Waals surface area contributed by atoms with Crippen molar-refractivity contribution in [1.29, 1.82) is 10.5 Å². The van der Waals surface area contributed by atoms with Crippen LogP contribution >= 0.6 is 0 Å². The van der Waals surface area contributed by atoms with Crippen LogP contribution < -0.4 is 0 Å². The molecule has 17 nitrogen and oxygen atoms in total. The summed E-state index contributed by atoms with van der Waals surface area (Å²) in [5.74, 6) is -4.63. The largest absolute Gasteiger partial charge is 0.560 e. The molecule has 52 heavy (non-hydrogen) atoms. The second-order valence-corrected chi connectivity index (χ2v) is 11.8. The van der Waals surface area contributed by atoms with Gasteiger partial charge in [-0.25, -0.2) is 19.3 Å². The van der Waals surface area contributed by atoms with Crippen molar-refractivity contribution in [2.45, 2.75) is 38.5 Å². The van der Waals surface area contributed by atoms with Gasteiger partial charge in [-0.15, -0.1) is 0 Å². The summed E-state index contributed by atoms with van der Waals surface area (Å²) in [6.07, 6.45) is 8.02. The molecule has 0 saturated carbocycles. The highest BCUT2D eigenvalue weighted by Gasteiger charge is 2.45. The van der Waals surface area contributed by atoms with E-state index in [4.69, 9.17) is 9.68 Å². The first-order chi connectivity index (χ1) is 25.2. The number of aryl methyl sites for hydroxylation is 2. The van der Waals surface area contributed by atoms with Crippen molar-refractivity contribution in [3.05, 3.63) is 96.1 Å². The van der Waals surface area contributed by atoms with E-state index in [1.165, 1.54) is 34.7 Å². The minimum Gasteiger partial charge on any atom is -0.293 e. The van der Waals surface area contributed by atoms with Crippen LogP contribution in [0.25, 0.3) is 23.5 Å². The van der Waals surface area contributed by atoms with Gasteiger partial charge in [0.25, 0.3) is 23.6 Å². The molecule has 0 aliphatic carbocycles. The number of hydrogen-bond acceptors (Lipinski definition) is 13. The average molecular weight is 701 g/mol. The van der Waals surface area contributed by atoms with E-state index < -0.39 is 41.6 Å². The molecule has 2 aromatic heterocycles. The molecule has 2 atom stereocenters. The normalized spacial score (nSPS) is 17.7. The summed E-state index contributed by atoms with van der Waals surface area (Å²) in [5, 5.41) is 27.5. The summed E-state index contributed by atoms with van der Waals surface area (Å²) in [4.78, 5) is 81.2. The van der Waals surface area contributed by atoms with Crippen LogP contribution in [0.5, 0.6) is 0 Å². The van der Waals surface area contributed by atoms with E-state index in [1.807, 2.05) is 24.3 Å². The molecule has 2 aliphatic heterocycles. The topological polar surface area (TPSA) is 219 Å². The lowest BCUT2D eigenvalue weighted by molar-refractivity contribution is -0.199. The predicted octanol–water partition coefficient (Wildman–Crippen LogP) is 3.21. The first-order valence-corrected chi connectivity index (χ1v) is 16.0. The molecule has 4 aromatic rings. The van der Waals surface area contributed by atoms with E-state index in [9.17, 15) is 34.5 Å². The average Bonchev–Trinajstić information content (AvgIpc) is 3.97. The van der Waals surface area contributed by atoms with Crippen LogP contribution in [0, 0.1) is 34.5 Å². The number of nitriles is 2. The minimum absolute atomic E-state index is 0.213. The van der Waals surface area contributed by atoms with Crippen LogP contribution in [0.1, 0.15) is 47.9 Å². The van der Waals surface area contributed by atoms with Gasteiger partial charge in [0, 0.05) is 12.8 Å². The summed E-state index contributed by atoms with van der Waals surface area (Å²) in [6.45, 7) is 0. The Balaban J connectivity index is 0.994. The number of benzene rings is 2. The van der Waals surface area contributed by atoms with Crippen molar-refractivity contribution in [3.8, 4) is 12.1 Å². The molecule has 4 amide bonds. The number of nitrogens with zero attached hydrogens (tertiary/aromatic N) is 10. The van der Waals surface area contributed by atoms with Gasteiger partial charge < -0.3 is 0 Å². The third kappa shape index (κ3) is 7.95. The third-order valence-electron chi connectivity index (χ3n) is 8.36.